The normalized spacial score (nSPS) is 11.2. The Morgan fingerprint density at radius 2 is 1.54 bits per heavy atom. The maximum absolute atomic E-state index is 13.1. The first-order chi connectivity index (χ1) is 13.7. The zero-order valence-electron chi connectivity index (χ0n) is 14.6. The van der Waals surface area contributed by atoms with Crippen LogP contribution in [-0.2, 0) is 0 Å². The molecule has 0 aliphatic rings. The minimum Gasteiger partial charge on any atom is -0.287 e. The van der Waals surface area contributed by atoms with Gasteiger partial charge in [-0.1, -0.05) is 60.1 Å². The van der Waals surface area contributed by atoms with E-state index in [0.717, 1.165) is 5.52 Å². The van der Waals surface area contributed by atoms with Gasteiger partial charge in [0.25, 0.3) is 0 Å². The highest BCUT2D eigenvalue weighted by atomic mass is 35.5. The van der Waals surface area contributed by atoms with Crippen molar-refractivity contribution in [3.63, 3.8) is 0 Å². The van der Waals surface area contributed by atoms with Crippen molar-refractivity contribution >= 4 is 39.6 Å². The standard InChI is InChI=1S/C22H13ClN4O/c23-15-9-6-10-16(13-15)27-22-20(24-17-11-4-5-12-18(17)25-22)19(26-27)21(28)14-7-2-1-3-8-14/h1-13H. The summed E-state index contributed by atoms with van der Waals surface area (Å²) in [7, 11) is 0. The Kier molecular flexibility index (Phi) is 3.88. The minimum atomic E-state index is -0.198. The van der Waals surface area contributed by atoms with Crippen molar-refractivity contribution in [2.24, 2.45) is 0 Å². The second-order valence-electron chi connectivity index (χ2n) is 6.32. The van der Waals surface area contributed by atoms with Crippen LogP contribution in [0.1, 0.15) is 16.1 Å². The summed E-state index contributed by atoms with van der Waals surface area (Å²) < 4.78 is 1.62. The number of benzene rings is 3. The van der Waals surface area contributed by atoms with E-state index >= 15 is 0 Å². The number of fused-ring (bicyclic) bond motifs is 2. The van der Waals surface area contributed by atoms with Gasteiger partial charge in [0, 0.05) is 10.6 Å². The molecule has 6 heteroatoms. The number of rotatable bonds is 3. The highest BCUT2D eigenvalue weighted by Crippen LogP contribution is 2.25. The molecule has 5 rings (SSSR count). The van der Waals surface area contributed by atoms with Crippen molar-refractivity contribution in [2.75, 3.05) is 0 Å². The van der Waals surface area contributed by atoms with E-state index in [9.17, 15) is 4.79 Å². The van der Waals surface area contributed by atoms with Gasteiger partial charge in [-0.2, -0.15) is 5.10 Å². The molecule has 0 saturated heterocycles. The lowest BCUT2D eigenvalue weighted by Gasteiger charge is -2.03. The number of ketones is 1. The zero-order valence-corrected chi connectivity index (χ0v) is 15.3. The Morgan fingerprint density at radius 1 is 0.821 bits per heavy atom. The van der Waals surface area contributed by atoms with E-state index in [2.05, 4.69) is 5.10 Å². The molecule has 5 nitrogen and oxygen atoms in total. The Hall–Kier alpha value is -3.57. The van der Waals surface area contributed by atoms with E-state index in [-0.39, 0.29) is 11.5 Å². The summed E-state index contributed by atoms with van der Waals surface area (Å²) in [6, 6.07) is 23.9. The van der Waals surface area contributed by atoms with Crippen molar-refractivity contribution in [3.8, 4) is 5.69 Å². The van der Waals surface area contributed by atoms with E-state index in [1.807, 2.05) is 54.6 Å². The smallest absolute Gasteiger partial charge is 0.215 e. The number of hydrogen-bond donors (Lipinski definition) is 0. The summed E-state index contributed by atoms with van der Waals surface area (Å²) in [6.45, 7) is 0. The lowest BCUT2D eigenvalue weighted by Crippen LogP contribution is -2.04. The maximum atomic E-state index is 13.1. The van der Waals surface area contributed by atoms with Gasteiger partial charge in [-0.25, -0.2) is 14.6 Å². The van der Waals surface area contributed by atoms with Crippen molar-refractivity contribution in [1.82, 2.24) is 19.7 Å². The number of hydrogen-bond acceptors (Lipinski definition) is 4. The SMILES string of the molecule is O=C(c1ccccc1)c1nn(-c2cccc(Cl)c2)c2nc3ccccc3nc12. The molecule has 0 fully saturated rings. The van der Waals surface area contributed by atoms with E-state index in [1.54, 1.807) is 28.9 Å². The second kappa shape index (κ2) is 6.55. The summed E-state index contributed by atoms with van der Waals surface area (Å²) in [5.41, 5.74) is 3.95. The van der Waals surface area contributed by atoms with Crippen LogP contribution in [0.3, 0.4) is 0 Å². The van der Waals surface area contributed by atoms with Gasteiger partial charge >= 0.3 is 0 Å². The lowest BCUT2D eigenvalue weighted by atomic mass is 10.1. The third kappa shape index (κ3) is 2.73. The molecule has 0 bridgehead atoms. The van der Waals surface area contributed by atoms with Gasteiger partial charge in [0.1, 0.15) is 5.52 Å². The first kappa shape index (κ1) is 16.6. The van der Waals surface area contributed by atoms with E-state index < -0.39 is 0 Å². The molecule has 3 aromatic carbocycles. The quantitative estimate of drug-likeness (QED) is 0.417. The number of nitrogens with zero attached hydrogens (tertiary/aromatic N) is 4. The van der Waals surface area contributed by atoms with Crippen molar-refractivity contribution in [3.05, 3.63) is 95.1 Å². The number of halogens is 1. The lowest BCUT2D eigenvalue weighted by molar-refractivity contribution is 0.103. The largest absolute Gasteiger partial charge is 0.287 e. The van der Waals surface area contributed by atoms with Crippen LogP contribution in [0.4, 0.5) is 0 Å². The molecule has 28 heavy (non-hydrogen) atoms. The van der Waals surface area contributed by atoms with Crippen LogP contribution in [0.15, 0.2) is 78.9 Å². The molecule has 2 aromatic heterocycles. The maximum Gasteiger partial charge on any atom is 0.215 e. The second-order valence-corrected chi connectivity index (χ2v) is 6.76. The zero-order chi connectivity index (χ0) is 19.1. The Morgan fingerprint density at radius 3 is 2.29 bits per heavy atom. The van der Waals surface area contributed by atoms with Crippen molar-refractivity contribution in [2.45, 2.75) is 0 Å². The Bertz CT molecular complexity index is 1350. The topological polar surface area (TPSA) is 60.7 Å². The van der Waals surface area contributed by atoms with Gasteiger partial charge in [0.05, 0.1) is 16.7 Å². The minimum absolute atomic E-state index is 0.198. The molecule has 2 heterocycles. The van der Waals surface area contributed by atoms with Gasteiger partial charge in [0.2, 0.25) is 5.78 Å². The Balaban J connectivity index is 1.82. The molecule has 0 unspecified atom stereocenters. The van der Waals surface area contributed by atoms with Crippen LogP contribution in [0.5, 0.6) is 0 Å². The van der Waals surface area contributed by atoms with Crippen LogP contribution in [0.2, 0.25) is 5.02 Å². The molecule has 0 atom stereocenters. The fourth-order valence-electron chi connectivity index (χ4n) is 3.16. The van der Waals surface area contributed by atoms with Gasteiger partial charge in [0.15, 0.2) is 11.3 Å². The van der Waals surface area contributed by atoms with Crippen LogP contribution >= 0.6 is 11.6 Å². The van der Waals surface area contributed by atoms with Crippen LogP contribution in [0.25, 0.3) is 27.9 Å². The molecule has 0 spiro atoms. The molecule has 0 aliphatic heterocycles. The molecular weight excluding hydrogens is 372 g/mol. The first-order valence-corrected chi connectivity index (χ1v) is 9.10. The monoisotopic (exact) mass is 384 g/mol. The van der Waals surface area contributed by atoms with Crippen molar-refractivity contribution in [1.29, 1.82) is 0 Å². The van der Waals surface area contributed by atoms with Gasteiger partial charge in [-0.05, 0) is 30.3 Å². The summed E-state index contributed by atoms with van der Waals surface area (Å²) >= 11 is 6.16. The number of carbonyl (C=O) groups excluding carboxylic acids is 1. The average Bonchev–Trinajstić information content (AvgIpc) is 3.10. The third-order valence-electron chi connectivity index (χ3n) is 4.48. The van der Waals surface area contributed by atoms with Gasteiger partial charge < -0.3 is 0 Å². The highest BCUT2D eigenvalue weighted by molar-refractivity contribution is 6.30. The summed E-state index contributed by atoms with van der Waals surface area (Å²) in [5.74, 6) is -0.198. The molecule has 0 aliphatic carbocycles. The fraction of sp³-hybridized carbons (Fsp3) is 0. The van der Waals surface area contributed by atoms with E-state index in [4.69, 9.17) is 21.6 Å². The molecule has 0 radical (unpaired) electrons. The molecule has 5 aromatic rings. The number of para-hydroxylation sites is 2. The van der Waals surface area contributed by atoms with Gasteiger partial charge in [-0.3, -0.25) is 4.79 Å². The van der Waals surface area contributed by atoms with Gasteiger partial charge in [-0.15, -0.1) is 0 Å². The number of aromatic nitrogens is 4. The molecule has 0 N–H and O–H groups in total. The predicted octanol–water partition coefficient (Wildman–Crippen LogP) is 4.85. The third-order valence-corrected chi connectivity index (χ3v) is 4.72. The molecule has 134 valence electrons. The summed E-state index contributed by atoms with van der Waals surface area (Å²) in [6.07, 6.45) is 0. The van der Waals surface area contributed by atoms with Crippen LogP contribution < -0.4 is 0 Å². The highest BCUT2D eigenvalue weighted by Gasteiger charge is 2.22. The molecule has 0 amide bonds. The van der Waals surface area contributed by atoms with E-state index in [1.165, 1.54) is 0 Å². The average molecular weight is 385 g/mol. The van der Waals surface area contributed by atoms with Crippen molar-refractivity contribution < 1.29 is 4.79 Å². The molecule has 0 saturated carbocycles. The first-order valence-electron chi connectivity index (χ1n) is 8.72. The number of carbonyl (C=O) groups is 1. The Labute approximate surface area is 165 Å². The fourth-order valence-corrected chi connectivity index (χ4v) is 3.34. The molecular formula is C22H13ClN4O. The summed E-state index contributed by atoms with van der Waals surface area (Å²) in [4.78, 5) is 22.6. The van der Waals surface area contributed by atoms with Crippen LogP contribution in [0, 0.1) is 0 Å². The predicted molar refractivity (Wildman–Crippen MR) is 109 cm³/mol. The van der Waals surface area contributed by atoms with Crippen LogP contribution in [-0.4, -0.2) is 25.5 Å². The van der Waals surface area contributed by atoms with E-state index in [0.29, 0.717) is 33.0 Å². The summed E-state index contributed by atoms with van der Waals surface area (Å²) in [5, 5.41) is 5.16.